The summed E-state index contributed by atoms with van der Waals surface area (Å²) in [5, 5.41) is 3.42. The maximum atomic E-state index is 14.2. The number of hydrogen-bond donors (Lipinski definition) is 1. The van der Waals surface area contributed by atoms with Gasteiger partial charge in [0.05, 0.1) is 18.2 Å². The lowest BCUT2D eigenvalue weighted by Crippen LogP contribution is -2.42. The fourth-order valence-corrected chi connectivity index (χ4v) is 5.74. The number of pyridine rings is 1. The molecule has 1 N–H and O–H groups in total. The van der Waals surface area contributed by atoms with Gasteiger partial charge in [-0.3, -0.25) is 9.88 Å². The smallest absolute Gasteiger partial charge is 0.410 e. The Balaban J connectivity index is 1.22. The van der Waals surface area contributed by atoms with E-state index in [-0.39, 0.29) is 11.6 Å². The van der Waals surface area contributed by atoms with Crippen molar-refractivity contribution < 1.29 is 23.0 Å². The molecule has 2 aromatic carbocycles. The van der Waals surface area contributed by atoms with Crippen molar-refractivity contribution in [3.63, 3.8) is 0 Å². The maximum Gasteiger partial charge on any atom is 0.410 e. The van der Waals surface area contributed by atoms with Gasteiger partial charge in [0.15, 0.2) is 11.6 Å². The van der Waals surface area contributed by atoms with Gasteiger partial charge in [0.25, 0.3) is 0 Å². The van der Waals surface area contributed by atoms with E-state index < -0.39 is 23.3 Å². The monoisotopic (exact) mass is 578 g/mol. The van der Waals surface area contributed by atoms with Crippen molar-refractivity contribution in [3.05, 3.63) is 100 Å². The maximum absolute atomic E-state index is 14.2. The molecule has 3 heterocycles. The number of carbonyl (C=O) groups excluding carboxylic acids is 1. The van der Waals surface area contributed by atoms with E-state index in [1.807, 2.05) is 45.3 Å². The Morgan fingerprint density at radius 2 is 1.81 bits per heavy atom. The van der Waals surface area contributed by atoms with Crippen LogP contribution in [0.15, 0.2) is 60.9 Å². The largest absolute Gasteiger partial charge is 0.444 e. The summed E-state index contributed by atoms with van der Waals surface area (Å²) < 4.78 is 39.6. The highest BCUT2D eigenvalue weighted by molar-refractivity contribution is 5.67. The van der Waals surface area contributed by atoms with Gasteiger partial charge in [-0.2, -0.15) is 0 Å². The second-order valence-electron chi connectivity index (χ2n) is 12.3. The zero-order chi connectivity index (χ0) is 29.9. The normalized spacial score (nSPS) is 17.2. The topological polar surface area (TPSA) is 66.9 Å². The number of amides is 1. The summed E-state index contributed by atoms with van der Waals surface area (Å²) in [7, 11) is 1.67. The van der Waals surface area contributed by atoms with Gasteiger partial charge in [0, 0.05) is 57.7 Å². The SMILES string of the molecule is CN(CCNC(c1ccc(CN2CCC3(CC2)OCc2ccncc23)cc1)c1ccc(F)c(F)c1)C(=O)OC(C)(C)C. The molecule has 2 aliphatic heterocycles. The molecule has 1 aromatic heterocycles. The van der Waals surface area contributed by atoms with Gasteiger partial charge < -0.3 is 19.7 Å². The lowest BCUT2D eigenvalue weighted by atomic mass is 9.84. The molecule has 1 atom stereocenters. The number of likely N-dealkylation sites (N-methyl/N-ethyl adjacent to an activating group) is 1. The molecule has 0 aliphatic carbocycles. The quantitative estimate of drug-likeness (QED) is 0.358. The Morgan fingerprint density at radius 3 is 2.50 bits per heavy atom. The molecule has 3 aromatic rings. The second kappa shape index (κ2) is 12.5. The van der Waals surface area contributed by atoms with E-state index in [4.69, 9.17) is 9.47 Å². The van der Waals surface area contributed by atoms with Crippen LogP contribution in [-0.2, 0) is 28.2 Å². The number of hydrogen-bond acceptors (Lipinski definition) is 6. The predicted molar refractivity (Wildman–Crippen MR) is 157 cm³/mol. The number of aromatic nitrogens is 1. The highest BCUT2D eigenvalue weighted by Gasteiger charge is 2.42. The van der Waals surface area contributed by atoms with E-state index >= 15 is 0 Å². The fraction of sp³-hybridized carbons (Fsp3) is 0.455. The highest BCUT2D eigenvalue weighted by Crippen LogP contribution is 2.43. The molecular formula is C33H40F2N4O3. The minimum Gasteiger partial charge on any atom is -0.444 e. The van der Waals surface area contributed by atoms with Gasteiger partial charge in [-0.1, -0.05) is 30.3 Å². The number of nitrogens with zero attached hydrogens (tertiary/aromatic N) is 3. The van der Waals surface area contributed by atoms with Crippen LogP contribution in [0.2, 0.25) is 0 Å². The highest BCUT2D eigenvalue weighted by atomic mass is 19.2. The number of nitrogens with one attached hydrogen (secondary N) is 1. The fourth-order valence-electron chi connectivity index (χ4n) is 5.74. The molecule has 42 heavy (non-hydrogen) atoms. The molecule has 0 bridgehead atoms. The summed E-state index contributed by atoms with van der Waals surface area (Å²) in [6, 6.07) is 13.9. The van der Waals surface area contributed by atoms with Gasteiger partial charge in [-0.25, -0.2) is 13.6 Å². The van der Waals surface area contributed by atoms with Crippen LogP contribution in [0.4, 0.5) is 13.6 Å². The van der Waals surface area contributed by atoms with E-state index in [2.05, 4.69) is 33.4 Å². The molecule has 1 unspecified atom stereocenters. The van der Waals surface area contributed by atoms with Crippen LogP contribution in [0.5, 0.6) is 0 Å². The Kier molecular flexibility index (Phi) is 8.92. The van der Waals surface area contributed by atoms with Crippen molar-refractivity contribution in [2.75, 3.05) is 33.2 Å². The molecule has 9 heteroatoms. The molecule has 2 aliphatic rings. The summed E-state index contributed by atoms with van der Waals surface area (Å²) in [4.78, 5) is 20.6. The third-order valence-corrected chi connectivity index (χ3v) is 8.07. The zero-order valence-electron chi connectivity index (χ0n) is 24.8. The minimum absolute atomic E-state index is 0.217. The first kappa shape index (κ1) is 30.1. The standard InChI is InChI=1S/C33H40F2N4O3/c1-32(2,3)42-31(40)38(4)18-15-37-30(25-9-10-28(34)29(35)19-25)24-7-5-23(6-8-24)21-39-16-12-33(13-17-39)27-20-36-14-11-26(27)22-41-33/h5-11,14,19-20,30,37H,12-13,15-18,21-22H2,1-4H3. The van der Waals surface area contributed by atoms with E-state index in [1.165, 1.54) is 27.7 Å². The Labute approximate surface area is 246 Å². The summed E-state index contributed by atoms with van der Waals surface area (Å²) in [5.74, 6) is -1.78. The number of ether oxygens (including phenoxy) is 2. The number of carbonyl (C=O) groups is 1. The molecule has 1 amide bonds. The van der Waals surface area contributed by atoms with Gasteiger partial charge in [0.1, 0.15) is 5.60 Å². The van der Waals surface area contributed by atoms with Crippen LogP contribution in [-0.4, -0.2) is 59.7 Å². The number of halogens is 2. The number of likely N-dealkylation sites (tertiary alicyclic amines) is 1. The third kappa shape index (κ3) is 6.97. The van der Waals surface area contributed by atoms with Crippen molar-refractivity contribution in [1.29, 1.82) is 0 Å². The summed E-state index contributed by atoms with van der Waals surface area (Å²) in [6.45, 7) is 9.61. The van der Waals surface area contributed by atoms with E-state index in [0.29, 0.717) is 25.3 Å². The first-order chi connectivity index (χ1) is 20.0. The number of piperidine rings is 1. The predicted octanol–water partition coefficient (Wildman–Crippen LogP) is 5.93. The molecule has 5 rings (SSSR count). The summed E-state index contributed by atoms with van der Waals surface area (Å²) in [5.41, 5.74) is 4.39. The third-order valence-electron chi connectivity index (χ3n) is 8.07. The van der Waals surface area contributed by atoms with Gasteiger partial charge in [-0.05, 0) is 74.1 Å². The Hall–Kier alpha value is -3.40. The molecule has 7 nitrogen and oxygen atoms in total. The Morgan fingerprint density at radius 1 is 1.10 bits per heavy atom. The lowest BCUT2D eigenvalue weighted by molar-refractivity contribution is -0.0800. The van der Waals surface area contributed by atoms with Crippen molar-refractivity contribution in [2.24, 2.45) is 0 Å². The first-order valence-corrected chi connectivity index (χ1v) is 14.5. The second-order valence-corrected chi connectivity index (χ2v) is 12.3. The minimum atomic E-state index is -0.894. The number of fused-ring (bicyclic) bond motifs is 2. The van der Waals surface area contributed by atoms with Gasteiger partial charge >= 0.3 is 6.09 Å². The molecule has 224 valence electrons. The van der Waals surface area contributed by atoms with Crippen molar-refractivity contribution in [3.8, 4) is 0 Å². The lowest BCUT2D eigenvalue weighted by Gasteiger charge is -2.39. The van der Waals surface area contributed by atoms with Crippen LogP contribution < -0.4 is 5.32 Å². The van der Waals surface area contributed by atoms with Crippen molar-refractivity contribution >= 4 is 6.09 Å². The zero-order valence-corrected chi connectivity index (χ0v) is 24.8. The molecule has 1 fully saturated rings. The summed E-state index contributed by atoms with van der Waals surface area (Å²) in [6.07, 6.45) is 5.24. The van der Waals surface area contributed by atoms with E-state index in [1.54, 1.807) is 13.1 Å². The summed E-state index contributed by atoms with van der Waals surface area (Å²) >= 11 is 0. The van der Waals surface area contributed by atoms with Crippen LogP contribution in [0.1, 0.15) is 67.5 Å². The van der Waals surface area contributed by atoms with Crippen LogP contribution >= 0.6 is 0 Å². The van der Waals surface area contributed by atoms with Crippen LogP contribution in [0.3, 0.4) is 0 Å². The van der Waals surface area contributed by atoms with E-state index in [9.17, 15) is 13.6 Å². The number of rotatable bonds is 8. The van der Waals surface area contributed by atoms with Crippen molar-refractivity contribution in [2.45, 2.75) is 64.0 Å². The average Bonchev–Trinajstić information content (AvgIpc) is 3.31. The van der Waals surface area contributed by atoms with Crippen LogP contribution in [0, 0.1) is 11.6 Å². The average molecular weight is 579 g/mol. The molecule has 1 saturated heterocycles. The number of benzene rings is 2. The molecule has 1 spiro atoms. The first-order valence-electron chi connectivity index (χ1n) is 14.5. The van der Waals surface area contributed by atoms with Crippen LogP contribution in [0.25, 0.3) is 0 Å². The van der Waals surface area contributed by atoms with Crippen molar-refractivity contribution in [1.82, 2.24) is 20.1 Å². The van der Waals surface area contributed by atoms with Gasteiger partial charge in [0.2, 0.25) is 0 Å². The molecule has 0 radical (unpaired) electrons. The molecular weight excluding hydrogens is 538 g/mol. The van der Waals surface area contributed by atoms with E-state index in [0.717, 1.165) is 44.1 Å². The van der Waals surface area contributed by atoms with Gasteiger partial charge in [-0.15, -0.1) is 0 Å². The molecule has 0 saturated carbocycles. The Bertz CT molecular complexity index is 1380.